The molecule has 0 radical (unpaired) electrons. The third-order valence-corrected chi connectivity index (χ3v) is 3.92. The van der Waals surface area contributed by atoms with Crippen molar-refractivity contribution in [1.82, 2.24) is 5.43 Å². The predicted molar refractivity (Wildman–Crippen MR) is 113 cm³/mol. The van der Waals surface area contributed by atoms with Crippen molar-refractivity contribution in [3.63, 3.8) is 0 Å². The number of hydrazine groups is 1. The maximum absolute atomic E-state index is 12.1. The van der Waals surface area contributed by atoms with Gasteiger partial charge in [-0.3, -0.25) is 66.3 Å². The van der Waals surface area contributed by atoms with Crippen molar-refractivity contribution >= 4 is 51.5 Å². The van der Waals surface area contributed by atoms with Gasteiger partial charge < -0.3 is 0 Å². The van der Waals surface area contributed by atoms with Crippen LogP contribution >= 0.6 is 0 Å². The number of nitro benzene ring substituents is 4. The summed E-state index contributed by atoms with van der Waals surface area (Å²) in [5.41, 5.74) is 3.03. The van der Waals surface area contributed by atoms with Crippen LogP contribution < -0.4 is 16.3 Å². The molecule has 0 spiro atoms. The van der Waals surface area contributed by atoms with Crippen molar-refractivity contribution < 1.29 is 29.3 Å². The molecule has 0 atom stereocenters. The summed E-state index contributed by atoms with van der Waals surface area (Å²) in [6.07, 6.45) is 0. The number of hydrogen-bond donors (Lipinski definition) is 3. The van der Waals surface area contributed by atoms with Crippen molar-refractivity contribution in [3.8, 4) is 0 Å². The Morgan fingerprint density at radius 3 is 1.68 bits per heavy atom. The molecule has 0 amide bonds. The van der Waals surface area contributed by atoms with Gasteiger partial charge >= 0.3 is 11.4 Å². The number of carbonyl (C=O) groups is 2. The zero-order valence-electron chi connectivity index (χ0n) is 16.8. The lowest BCUT2D eigenvalue weighted by Gasteiger charge is -2.11. The monoisotopic (exact) mass is 476 g/mol. The molecule has 176 valence electrons. The number of benzene rings is 2. The van der Waals surface area contributed by atoms with Gasteiger partial charge in [0.25, 0.3) is 17.2 Å². The van der Waals surface area contributed by atoms with Gasteiger partial charge in [0, 0.05) is 19.1 Å². The van der Waals surface area contributed by atoms with Crippen molar-refractivity contribution in [2.75, 3.05) is 10.9 Å². The van der Waals surface area contributed by atoms with E-state index < -0.39 is 59.8 Å². The number of hydrogen-bond acceptors (Lipinski definition) is 13. The minimum absolute atomic E-state index is 0.346. The van der Waals surface area contributed by atoms with Crippen molar-refractivity contribution in [1.29, 1.82) is 0 Å². The van der Waals surface area contributed by atoms with Crippen LogP contribution in [-0.2, 0) is 9.59 Å². The van der Waals surface area contributed by atoms with E-state index in [0.717, 1.165) is 31.2 Å². The van der Waals surface area contributed by atoms with Gasteiger partial charge in [0.05, 0.1) is 31.8 Å². The molecule has 0 heterocycles. The number of nitrogens with one attached hydrogen (secondary N) is 3. The van der Waals surface area contributed by atoms with Gasteiger partial charge in [-0.1, -0.05) is 0 Å². The molecule has 0 aliphatic heterocycles. The van der Waals surface area contributed by atoms with Gasteiger partial charge in [0.15, 0.2) is 0 Å². The van der Waals surface area contributed by atoms with Crippen LogP contribution in [0.25, 0.3) is 0 Å². The zero-order valence-corrected chi connectivity index (χ0v) is 16.8. The van der Waals surface area contributed by atoms with E-state index in [1.54, 1.807) is 0 Å². The summed E-state index contributed by atoms with van der Waals surface area (Å²) in [7, 11) is 0. The molecule has 0 unspecified atom stereocenters. The molecule has 0 aliphatic carbocycles. The topological polar surface area (TPSA) is 255 Å². The van der Waals surface area contributed by atoms with Crippen molar-refractivity contribution in [2.45, 2.75) is 6.92 Å². The first-order valence-corrected chi connectivity index (χ1v) is 8.69. The van der Waals surface area contributed by atoms with Crippen LogP contribution in [0.2, 0.25) is 0 Å². The molecule has 0 fully saturated rings. The van der Waals surface area contributed by atoms with E-state index in [9.17, 15) is 50.0 Å². The van der Waals surface area contributed by atoms with E-state index in [4.69, 9.17) is 0 Å². The molecule has 18 heteroatoms. The first-order chi connectivity index (χ1) is 15.9. The van der Waals surface area contributed by atoms with Crippen molar-refractivity contribution in [3.05, 3.63) is 76.9 Å². The highest BCUT2D eigenvalue weighted by molar-refractivity contribution is 6.64. The van der Waals surface area contributed by atoms with Gasteiger partial charge in [-0.2, -0.15) is 5.10 Å². The molecule has 2 rings (SSSR count). The van der Waals surface area contributed by atoms with E-state index in [1.165, 1.54) is 0 Å². The SMILES string of the molecule is CC(=O)C(=O)C(=NNc1ccc([N+](=O)[O-])cc1[N+](=O)[O-])NNc1ccc([N+](=O)[O-])cc1[N+](=O)[O-]. The number of carbonyl (C=O) groups excluding carboxylic acids is 2. The summed E-state index contributed by atoms with van der Waals surface area (Å²) in [6, 6.07) is 5.02. The minimum Gasteiger partial charge on any atom is -0.293 e. The molecule has 0 bridgehead atoms. The molecule has 0 saturated heterocycles. The Bertz CT molecular complexity index is 1260. The Balaban J connectivity index is 2.38. The molecule has 0 aliphatic rings. The van der Waals surface area contributed by atoms with Crippen molar-refractivity contribution in [2.24, 2.45) is 5.10 Å². The second-order valence-corrected chi connectivity index (χ2v) is 6.14. The van der Waals surface area contributed by atoms with Gasteiger partial charge in [-0.15, -0.1) is 0 Å². The Kier molecular flexibility index (Phi) is 7.39. The van der Waals surface area contributed by atoms with Gasteiger partial charge in [-0.05, 0) is 12.1 Å². The average Bonchev–Trinajstić information content (AvgIpc) is 2.78. The lowest BCUT2D eigenvalue weighted by Crippen LogP contribution is -2.39. The predicted octanol–water partition coefficient (Wildman–Crippen LogP) is 1.82. The largest absolute Gasteiger partial charge is 0.301 e. The molecule has 0 saturated carbocycles. The summed E-state index contributed by atoms with van der Waals surface area (Å²) in [6.45, 7) is 0.877. The Labute approximate surface area is 186 Å². The quantitative estimate of drug-likeness (QED) is 0.145. The maximum atomic E-state index is 12.1. The molecule has 34 heavy (non-hydrogen) atoms. The molecular weight excluding hydrogens is 464 g/mol. The molecule has 18 nitrogen and oxygen atoms in total. The zero-order chi connectivity index (χ0) is 25.6. The Morgan fingerprint density at radius 2 is 1.24 bits per heavy atom. The molecule has 2 aromatic rings. The standard InChI is InChI=1S/C16H12N8O10/c1-8(25)15(26)16(19-17-11-4-2-9(21(27)28)6-13(11)23(31)32)20-18-12-5-3-10(22(29)30)7-14(12)24(33)34/h2-7,17-18H,1H3,(H,19,20). The van der Waals surface area contributed by atoms with Gasteiger partial charge in [0.1, 0.15) is 11.4 Å². The molecule has 2 aromatic carbocycles. The molecular formula is C16H12N8O10. The van der Waals surface area contributed by atoms with E-state index in [-0.39, 0.29) is 11.4 Å². The third kappa shape index (κ3) is 5.78. The summed E-state index contributed by atoms with van der Waals surface area (Å²) in [5.74, 6) is -3.09. The van der Waals surface area contributed by atoms with E-state index in [0.29, 0.717) is 12.1 Å². The average molecular weight is 476 g/mol. The van der Waals surface area contributed by atoms with Crippen LogP contribution in [0.4, 0.5) is 34.1 Å². The number of rotatable bonds is 10. The number of amidine groups is 1. The van der Waals surface area contributed by atoms with Crippen LogP contribution in [0, 0.1) is 40.5 Å². The normalized spacial score (nSPS) is 10.7. The Hall–Kier alpha value is -5.55. The fourth-order valence-corrected chi connectivity index (χ4v) is 2.31. The van der Waals surface area contributed by atoms with Gasteiger partial charge in [0.2, 0.25) is 11.6 Å². The summed E-state index contributed by atoms with van der Waals surface area (Å²) in [4.78, 5) is 64.1. The highest BCUT2D eigenvalue weighted by Gasteiger charge is 2.23. The molecule has 3 N–H and O–H groups in total. The smallest absolute Gasteiger partial charge is 0.293 e. The highest BCUT2D eigenvalue weighted by Crippen LogP contribution is 2.29. The van der Waals surface area contributed by atoms with Crippen LogP contribution in [0.1, 0.15) is 6.92 Å². The van der Waals surface area contributed by atoms with E-state index in [2.05, 4.69) is 21.4 Å². The number of Topliss-reactive ketones (excluding diaryl/α,β-unsaturated/α-hetero) is 2. The number of hydrazone groups is 1. The summed E-state index contributed by atoms with van der Waals surface area (Å²) < 4.78 is 0. The van der Waals surface area contributed by atoms with E-state index >= 15 is 0 Å². The summed E-state index contributed by atoms with van der Waals surface area (Å²) >= 11 is 0. The number of non-ortho nitro benzene ring substituents is 2. The fourth-order valence-electron chi connectivity index (χ4n) is 2.31. The number of nitro groups is 4. The fraction of sp³-hybridized carbons (Fsp3) is 0.0625. The third-order valence-electron chi connectivity index (χ3n) is 3.92. The second-order valence-electron chi connectivity index (χ2n) is 6.14. The van der Waals surface area contributed by atoms with Crippen LogP contribution in [-0.4, -0.2) is 37.1 Å². The van der Waals surface area contributed by atoms with Crippen LogP contribution in [0.15, 0.2) is 41.5 Å². The lowest BCUT2D eigenvalue weighted by molar-refractivity contribution is -0.393. The number of anilines is 2. The van der Waals surface area contributed by atoms with E-state index in [1.807, 2.05) is 0 Å². The van der Waals surface area contributed by atoms with Crippen LogP contribution in [0.3, 0.4) is 0 Å². The number of nitrogens with zero attached hydrogens (tertiary/aromatic N) is 5. The minimum atomic E-state index is -1.26. The highest BCUT2D eigenvalue weighted by atomic mass is 16.6. The summed E-state index contributed by atoms with van der Waals surface area (Å²) in [5, 5.41) is 47.6. The number of ketones is 2. The molecule has 0 aromatic heterocycles. The van der Waals surface area contributed by atoms with Gasteiger partial charge in [-0.25, -0.2) is 0 Å². The first-order valence-electron chi connectivity index (χ1n) is 8.69. The Morgan fingerprint density at radius 1 is 0.765 bits per heavy atom. The van der Waals surface area contributed by atoms with Crippen LogP contribution in [0.5, 0.6) is 0 Å². The lowest BCUT2D eigenvalue weighted by atomic mass is 10.2. The second kappa shape index (κ2) is 10.2. The maximum Gasteiger partial charge on any atom is 0.301 e. The first kappa shape index (κ1) is 24.7.